The summed E-state index contributed by atoms with van der Waals surface area (Å²) in [4.78, 5) is 1.51. The van der Waals surface area contributed by atoms with Crippen molar-refractivity contribution in [3.63, 3.8) is 0 Å². The van der Waals surface area contributed by atoms with Gasteiger partial charge in [-0.3, -0.25) is 0 Å². The van der Waals surface area contributed by atoms with Crippen LogP contribution in [0.1, 0.15) is 45.1 Å². The molecule has 0 amide bonds. The number of rotatable bonds is 3. The average molecular weight is 228 g/mol. The van der Waals surface area contributed by atoms with Gasteiger partial charge in [0, 0.05) is 10.6 Å². The molecule has 0 aromatic carbocycles. The van der Waals surface area contributed by atoms with Crippen molar-refractivity contribution in [3.05, 3.63) is 21.9 Å². The van der Waals surface area contributed by atoms with Gasteiger partial charge in [0.05, 0.1) is 0 Å². The first-order valence-corrected chi connectivity index (χ1v) is 7.02. The average Bonchev–Trinajstić information content (AvgIpc) is 2.47. The molecule has 0 saturated carbocycles. The lowest BCUT2D eigenvalue weighted by atomic mass is 9.89. The standard InChI is InChI=1S/C12H20S2/c1-9(2)13-8-11-6-10(7-14-11)12(3,4)5/h6-7,9H,8H2,1-5H3. The normalized spacial score (nSPS) is 12.4. The highest BCUT2D eigenvalue weighted by atomic mass is 32.2. The quantitative estimate of drug-likeness (QED) is 0.723. The molecular formula is C12H20S2. The van der Waals surface area contributed by atoms with E-state index < -0.39 is 0 Å². The van der Waals surface area contributed by atoms with Gasteiger partial charge in [0.15, 0.2) is 0 Å². The van der Waals surface area contributed by atoms with Crippen molar-refractivity contribution in [1.29, 1.82) is 0 Å². The number of hydrogen-bond acceptors (Lipinski definition) is 2. The fourth-order valence-corrected chi connectivity index (χ4v) is 3.05. The van der Waals surface area contributed by atoms with Gasteiger partial charge in [0.2, 0.25) is 0 Å². The molecule has 0 bridgehead atoms. The highest BCUT2D eigenvalue weighted by Gasteiger charge is 2.15. The molecule has 0 atom stereocenters. The van der Waals surface area contributed by atoms with E-state index in [9.17, 15) is 0 Å². The molecule has 0 spiro atoms. The Bertz CT molecular complexity index is 279. The van der Waals surface area contributed by atoms with Gasteiger partial charge in [-0.05, 0) is 27.7 Å². The molecular weight excluding hydrogens is 208 g/mol. The van der Waals surface area contributed by atoms with Gasteiger partial charge in [-0.15, -0.1) is 11.3 Å². The summed E-state index contributed by atoms with van der Waals surface area (Å²) >= 11 is 3.92. The molecule has 0 fully saturated rings. The largest absolute Gasteiger partial charge is 0.154 e. The van der Waals surface area contributed by atoms with Crippen molar-refractivity contribution >= 4 is 23.1 Å². The van der Waals surface area contributed by atoms with E-state index >= 15 is 0 Å². The zero-order valence-electron chi connectivity index (χ0n) is 9.76. The Kier molecular flexibility index (Phi) is 4.08. The van der Waals surface area contributed by atoms with Crippen LogP contribution in [0.3, 0.4) is 0 Å². The molecule has 0 aliphatic carbocycles. The Morgan fingerprint density at radius 2 is 2.00 bits per heavy atom. The van der Waals surface area contributed by atoms with Crippen LogP contribution in [0.5, 0.6) is 0 Å². The predicted molar refractivity (Wildman–Crippen MR) is 69.5 cm³/mol. The fraction of sp³-hybridized carbons (Fsp3) is 0.667. The molecule has 1 rings (SSSR count). The van der Waals surface area contributed by atoms with Crippen LogP contribution in [0.25, 0.3) is 0 Å². The van der Waals surface area contributed by atoms with Crippen molar-refractivity contribution in [2.75, 3.05) is 0 Å². The molecule has 80 valence electrons. The molecule has 1 aromatic heterocycles. The second-order valence-corrected chi connectivity index (χ2v) is 7.47. The molecule has 0 N–H and O–H groups in total. The molecule has 0 saturated heterocycles. The molecule has 2 heteroatoms. The minimum atomic E-state index is 0.303. The smallest absolute Gasteiger partial charge is 0.0281 e. The summed E-state index contributed by atoms with van der Waals surface area (Å²) in [5, 5.41) is 3.03. The summed E-state index contributed by atoms with van der Waals surface area (Å²) in [6.45, 7) is 11.3. The van der Waals surface area contributed by atoms with E-state index in [1.807, 2.05) is 23.1 Å². The minimum absolute atomic E-state index is 0.303. The van der Waals surface area contributed by atoms with Gasteiger partial charge in [-0.1, -0.05) is 34.6 Å². The third-order valence-electron chi connectivity index (χ3n) is 2.08. The van der Waals surface area contributed by atoms with Gasteiger partial charge >= 0.3 is 0 Å². The van der Waals surface area contributed by atoms with Crippen LogP contribution in [-0.2, 0) is 11.2 Å². The Labute approximate surface area is 96.1 Å². The Morgan fingerprint density at radius 3 is 2.43 bits per heavy atom. The number of thioether (sulfide) groups is 1. The van der Waals surface area contributed by atoms with Gasteiger partial charge < -0.3 is 0 Å². The van der Waals surface area contributed by atoms with Crippen LogP contribution >= 0.6 is 23.1 Å². The van der Waals surface area contributed by atoms with Crippen molar-refractivity contribution in [1.82, 2.24) is 0 Å². The predicted octanol–water partition coefficient (Wildman–Crippen LogP) is 4.69. The van der Waals surface area contributed by atoms with E-state index in [0.29, 0.717) is 5.41 Å². The van der Waals surface area contributed by atoms with Crippen molar-refractivity contribution in [2.24, 2.45) is 0 Å². The van der Waals surface area contributed by atoms with Crippen LogP contribution in [0.15, 0.2) is 11.4 Å². The highest BCUT2D eigenvalue weighted by molar-refractivity contribution is 7.99. The Hall–Kier alpha value is 0.0500. The van der Waals surface area contributed by atoms with E-state index in [2.05, 4.69) is 46.1 Å². The summed E-state index contributed by atoms with van der Waals surface area (Å²) in [5.41, 5.74) is 1.78. The van der Waals surface area contributed by atoms with E-state index in [-0.39, 0.29) is 0 Å². The van der Waals surface area contributed by atoms with Gasteiger partial charge in [-0.2, -0.15) is 11.8 Å². The van der Waals surface area contributed by atoms with Crippen molar-refractivity contribution in [2.45, 2.75) is 51.0 Å². The van der Waals surface area contributed by atoms with Crippen LogP contribution in [0.4, 0.5) is 0 Å². The van der Waals surface area contributed by atoms with E-state index in [1.54, 1.807) is 0 Å². The summed E-state index contributed by atoms with van der Waals surface area (Å²) in [6, 6.07) is 2.36. The third-order valence-corrected chi connectivity index (χ3v) is 4.34. The van der Waals surface area contributed by atoms with Crippen LogP contribution < -0.4 is 0 Å². The lowest BCUT2D eigenvalue weighted by Gasteiger charge is -2.15. The maximum atomic E-state index is 2.36. The van der Waals surface area contributed by atoms with Crippen molar-refractivity contribution < 1.29 is 0 Å². The molecule has 0 radical (unpaired) electrons. The first-order valence-electron chi connectivity index (χ1n) is 5.09. The second-order valence-electron chi connectivity index (χ2n) is 4.91. The second kappa shape index (κ2) is 4.71. The summed E-state index contributed by atoms with van der Waals surface area (Å²) < 4.78 is 0. The molecule has 14 heavy (non-hydrogen) atoms. The molecule has 1 heterocycles. The maximum Gasteiger partial charge on any atom is 0.0281 e. The molecule has 0 aliphatic rings. The van der Waals surface area contributed by atoms with E-state index in [0.717, 1.165) is 5.25 Å². The van der Waals surface area contributed by atoms with Gasteiger partial charge in [-0.25, -0.2) is 0 Å². The molecule has 0 nitrogen and oxygen atoms in total. The topological polar surface area (TPSA) is 0 Å². The number of thiophene rings is 1. The summed E-state index contributed by atoms with van der Waals surface area (Å²) in [6.07, 6.45) is 0. The summed E-state index contributed by atoms with van der Waals surface area (Å²) in [5.74, 6) is 1.17. The molecule has 0 unspecified atom stereocenters. The monoisotopic (exact) mass is 228 g/mol. The zero-order valence-corrected chi connectivity index (χ0v) is 11.4. The zero-order chi connectivity index (χ0) is 10.8. The van der Waals surface area contributed by atoms with E-state index in [4.69, 9.17) is 0 Å². The van der Waals surface area contributed by atoms with Crippen LogP contribution in [0.2, 0.25) is 0 Å². The van der Waals surface area contributed by atoms with Crippen LogP contribution in [-0.4, -0.2) is 5.25 Å². The maximum absolute atomic E-state index is 2.36. The van der Waals surface area contributed by atoms with Crippen molar-refractivity contribution in [3.8, 4) is 0 Å². The SMILES string of the molecule is CC(C)SCc1cc(C(C)(C)C)cs1. The summed E-state index contributed by atoms with van der Waals surface area (Å²) in [7, 11) is 0. The first kappa shape index (κ1) is 12.1. The Morgan fingerprint density at radius 1 is 1.36 bits per heavy atom. The van der Waals surface area contributed by atoms with Crippen LogP contribution in [0, 0.1) is 0 Å². The van der Waals surface area contributed by atoms with E-state index in [1.165, 1.54) is 16.2 Å². The lowest BCUT2D eigenvalue weighted by molar-refractivity contribution is 0.592. The highest BCUT2D eigenvalue weighted by Crippen LogP contribution is 2.29. The lowest BCUT2D eigenvalue weighted by Crippen LogP contribution is -2.08. The number of hydrogen-bond donors (Lipinski definition) is 0. The third kappa shape index (κ3) is 3.66. The molecule has 1 aromatic rings. The molecule has 0 aliphatic heterocycles. The van der Waals surface area contributed by atoms with Gasteiger partial charge in [0.1, 0.15) is 0 Å². The van der Waals surface area contributed by atoms with Gasteiger partial charge in [0.25, 0.3) is 0 Å². The fourth-order valence-electron chi connectivity index (χ4n) is 1.10. The minimum Gasteiger partial charge on any atom is -0.154 e. The first-order chi connectivity index (χ1) is 6.39. The Balaban J connectivity index is 2.60.